The molecule has 31 heavy (non-hydrogen) atoms. The Balaban J connectivity index is 1.60. The number of rotatable bonds is 8. The Morgan fingerprint density at radius 1 is 1.29 bits per heavy atom. The second-order valence-electron chi connectivity index (χ2n) is 7.91. The van der Waals surface area contributed by atoms with Crippen LogP contribution < -0.4 is 4.74 Å². The van der Waals surface area contributed by atoms with Crippen LogP contribution in [0.5, 0.6) is 11.5 Å². The highest BCUT2D eigenvalue weighted by Gasteiger charge is 2.31. The average Bonchev–Trinajstić information content (AvgIpc) is 3.16. The summed E-state index contributed by atoms with van der Waals surface area (Å²) in [7, 11) is 1.54. The van der Waals surface area contributed by atoms with Gasteiger partial charge in [-0.25, -0.2) is 4.79 Å². The van der Waals surface area contributed by atoms with E-state index in [1.165, 1.54) is 7.11 Å². The van der Waals surface area contributed by atoms with E-state index in [0.717, 1.165) is 24.2 Å². The molecule has 2 heterocycles. The van der Waals surface area contributed by atoms with Crippen molar-refractivity contribution in [2.24, 2.45) is 0 Å². The summed E-state index contributed by atoms with van der Waals surface area (Å²) in [6, 6.07) is 0. The first-order valence-electron chi connectivity index (χ1n) is 10.6. The molecule has 2 aliphatic heterocycles. The third kappa shape index (κ3) is 5.19. The molecular weight excluding hydrogens is 402 g/mol. The molecule has 2 aliphatic rings. The first kappa shape index (κ1) is 23.1. The number of allylic oxidation sites excluding steroid dienone is 2. The van der Waals surface area contributed by atoms with Crippen LogP contribution in [0.2, 0.25) is 0 Å². The van der Waals surface area contributed by atoms with Crippen molar-refractivity contribution in [3.63, 3.8) is 0 Å². The van der Waals surface area contributed by atoms with Crippen LogP contribution in [0.25, 0.3) is 0 Å². The Bertz CT molecular complexity index is 871. The molecule has 0 radical (unpaired) electrons. The van der Waals surface area contributed by atoms with E-state index >= 15 is 0 Å². The number of nitrogens with zero attached hydrogens (tertiary/aromatic N) is 1. The lowest BCUT2D eigenvalue weighted by Gasteiger charge is -2.31. The fourth-order valence-corrected chi connectivity index (χ4v) is 3.97. The van der Waals surface area contributed by atoms with E-state index < -0.39 is 5.97 Å². The molecule has 1 aromatic carbocycles. The van der Waals surface area contributed by atoms with E-state index in [9.17, 15) is 14.7 Å². The van der Waals surface area contributed by atoms with E-state index in [1.54, 1.807) is 0 Å². The molecule has 3 rings (SSSR count). The number of carbonyl (C=O) groups excluding carboxylic acids is 2. The molecule has 0 bridgehead atoms. The predicted octanol–water partition coefficient (Wildman–Crippen LogP) is 2.87. The molecule has 1 aromatic rings. The van der Waals surface area contributed by atoms with Gasteiger partial charge in [-0.15, -0.1) is 0 Å². The minimum absolute atomic E-state index is 0.0947. The number of hydrogen-bond donors (Lipinski definition) is 1. The molecule has 8 nitrogen and oxygen atoms in total. The zero-order valence-corrected chi connectivity index (χ0v) is 18.7. The fourth-order valence-electron chi connectivity index (χ4n) is 3.97. The molecule has 1 unspecified atom stereocenters. The summed E-state index contributed by atoms with van der Waals surface area (Å²) < 4.78 is 21.4. The van der Waals surface area contributed by atoms with Gasteiger partial charge >= 0.3 is 11.9 Å². The highest BCUT2D eigenvalue weighted by molar-refractivity contribution is 5.98. The lowest BCUT2D eigenvalue weighted by molar-refractivity contribution is -0.161. The zero-order chi connectivity index (χ0) is 22.5. The number of carbonyl (C=O) groups is 2. The molecule has 0 saturated carbocycles. The average molecular weight is 434 g/mol. The van der Waals surface area contributed by atoms with Crippen LogP contribution in [-0.2, 0) is 32.0 Å². The predicted molar refractivity (Wildman–Crippen MR) is 113 cm³/mol. The fraction of sp³-hybridized carbons (Fsp3) is 0.565. The number of esters is 2. The van der Waals surface area contributed by atoms with Crippen molar-refractivity contribution in [1.82, 2.24) is 4.90 Å². The standard InChI is InChI=1S/C23H31NO7/c1-14(6-8-19(25)31-16(3)24-9-11-29-12-10-24)5-7-17-21(26)20-18(13-30-23(20)27)15(2)22(17)28-4/h5,16,26H,6-13H2,1-4H3. The number of fused-ring (bicyclic) bond motifs is 1. The number of aromatic hydroxyl groups is 1. The minimum atomic E-state index is -0.516. The molecule has 1 N–H and O–H groups in total. The van der Waals surface area contributed by atoms with Crippen molar-refractivity contribution in [2.75, 3.05) is 33.4 Å². The van der Waals surface area contributed by atoms with E-state index in [1.807, 2.05) is 26.8 Å². The van der Waals surface area contributed by atoms with Gasteiger partial charge in [-0.3, -0.25) is 9.69 Å². The molecule has 0 aliphatic carbocycles. The second-order valence-corrected chi connectivity index (χ2v) is 7.91. The third-order valence-corrected chi connectivity index (χ3v) is 5.89. The molecule has 1 fully saturated rings. The SMILES string of the molecule is COc1c(C)c2c(c(O)c1CC=C(C)CCC(=O)OC(C)N1CCOCC1)C(=O)OC2. The second kappa shape index (κ2) is 10.2. The van der Waals surface area contributed by atoms with Gasteiger partial charge in [0, 0.05) is 30.6 Å². The Morgan fingerprint density at radius 2 is 2.00 bits per heavy atom. The van der Waals surface area contributed by atoms with Crippen LogP contribution in [-0.4, -0.2) is 61.6 Å². The molecule has 1 atom stereocenters. The molecule has 0 aromatic heterocycles. The summed E-state index contributed by atoms with van der Waals surface area (Å²) in [5, 5.41) is 10.7. The molecule has 1 saturated heterocycles. The number of benzene rings is 1. The number of hydrogen-bond acceptors (Lipinski definition) is 8. The van der Waals surface area contributed by atoms with Crippen molar-refractivity contribution in [3.05, 3.63) is 33.9 Å². The normalized spacial score (nSPS) is 17.8. The van der Waals surface area contributed by atoms with Crippen LogP contribution >= 0.6 is 0 Å². The quantitative estimate of drug-likeness (QED) is 0.494. The van der Waals surface area contributed by atoms with Gasteiger partial charge in [-0.05, 0) is 39.2 Å². The minimum Gasteiger partial charge on any atom is -0.507 e. The lowest BCUT2D eigenvalue weighted by atomic mass is 9.94. The first-order valence-corrected chi connectivity index (χ1v) is 10.6. The molecule has 0 amide bonds. The van der Waals surface area contributed by atoms with Gasteiger partial charge in [0.25, 0.3) is 0 Å². The molecule has 170 valence electrons. The monoisotopic (exact) mass is 433 g/mol. The van der Waals surface area contributed by atoms with Crippen LogP contribution in [0.3, 0.4) is 0 Å². The summed E-state index contributed by atoms with van der Waals surface area (Å²) in [6.07, 6.45) is 2.86. The summed E-state index contributed by atoms with van der Waals surface area (Å²) in [6.45, 7) is 8.62. The molecule has 0 spiro atoms. The smallest absolute Gasteiger partial charge is 0.342 e. The highest BCUT2D eigenvalue weighted by Crippen LogP contribution is 2.42. The summed E-state index contributed by atoms with van der Waals surface area (Å²) in [4.78, 5) is 26.3. The Labute approximate surface area is 182 Å². The summed E-state index contributed by atoms with van der Waals surface area (Å²) in [5.74, 6) is -0.305. The van der Waals surface area contributed by atoms with Gasteiger partial charge in [0.05, 0.1) is 20.3 Å². The topological polar surface area (TPSA) is 94.5 Å². The van der Waals surface area contributed by atoms with Crippen molar-refractivity contribution in [1.29, 1.82) is 0 Å². The van der Waals surface area contributed by atoms with Crippen molar-refractivity contribution < 1.29 is 33.6 Å². The molecule has 8 heteroatoms. The van der Waals surface area contributed by atoms with Crippen LogP contribution in [0.4, 0.5) is 0 Å². The Kier molecular flexibility index (Phi) is 7.56. The maximum atomic E-state index is 12.2. The van der Waals surface area contributed by atoms with Crippen LogP contribution in [0, 0.1) is 6.92 Å². The van der Waals surface area contributed by atoms with Crippen LogP contribution in [0.15, 0.2) is 11.6 Å². The van der Waals surface area contributed by atoms with Crippen molar-refractivity contribution >= 4 is 11.9 Å². The summed E-state index contributed by atoms with van der Waals surface area (Å²) in [5.41, 5.74) is 3.21. The maximum Gasteiger partial charge on any atom is 0.342 e. The van der Waals surface area contributed by atoms with Crippen molar-refractivity contribution in [2.45, 2.75) is 52.9 Å². The Morgan fingerprint density at radius 3 is 2.68 bits per heavy atom. The number of methoxy groups -OCH3 is 1. The third-order valence-electron chi connectivity index (χ3n) is 5.89. The first-order chi connectivity index (χ1) is 14.8. The van der Waals surface area contributed by atoms with Crippen molar-refractivity contribution in [3.8, 4) is 11.5 Å². The highest BCUT2D eigenvalue weighted by atomic mass is 16.6. The number of cyclic esters (lactones) is 1. The van der Waals surface area contributed by atoms with Gasteiger partial charge in [0.1, 0.15) is 23.7 Å². The van der Waals surface area contributed by atoms with E-state index in [4.69, 9.17) is 18.9 Å². The molecular formula is C23H31NO7. The number of phenolic OH excluding ortho intramolecular Hbond substituents is 1. The van der Waals surface area contributed by atoms with Crippen LogP contribution in [0.1, 0.15) is 53.7 Å². The van der Waals surface area contributed by atoms with Gasteiger partial charge in [0.15, 0.2) is 6.23 Å². The largest absolute Gasteiger partial charge is 0.507 e. The van der Waals surface area contributed by atoms with Gasteiger partial charge < -0.3 is 24.1 Å². The lowest BCUT2D eigenvalue weighted by Crippen LogP contribution is -2.44. The van der Waals surface area contributed by atoms with Gasteiger partial charge in [0.2, 0.25) is 0 Å². The van der Waals surface area contributed by atoms with Gasteiger partial charge in [-0.2, -0.15) is 0 Å². The summed E-state index contributed by atoms with van der Waals surface area (Å²) >= 11 is 0. The van der Waals surface area contributed by atoms with E-state index in [2.05, 4.69) is 4.90 Å². The number of phenols is 1. The number of ether oxygens (including phenoxy) is 4. The Hall–Kier alpha value is -2.58. The maximum absolute atomic E-state index is 12.2. The zero-order valence-electron chi connectivity index (χ0n) is 18.7. The van der Waals surface area contributed by atoms with E-state index in [-0.39, 0.29) is 36.5 Å². The van der Waals surface area contributed by atoms with E-state index in [0.29, 0.717) is 42.9 Å². The number of morpholine rings is 1. The van der Waals surface area contributed by atoms with Gasteiger partial charge in [-0.1, -0.05) is 11.6 Å².